The summed E-state index contributed by atoms with van der Waals surface area (Å²) in [6.45, 7) is 0. The lowest BCUT2D eigenvalue weighted by molar-refractivity contribution is 0.669. The summed E-state index contributed by atoms with van der Waals surface area (Å²) in [6, 6.07) is 43.9. The highest BCUT2D eigenvalue weighted by molar-refractivity contribution is 6.09. The molecule has 168 valence electrons. The van der Waals surface area contributed by atoms with E-state index in [2.05, 4.69) is 121 Å². The summed E-state index contributed by atoms with van der Waals surface area (Å²) in [5.41, 5.74) is 12.3. The molecular weight excluding hydrogens is 436 g/mol. The molecule has 0 N–H and O–H groups in total. The molecule has 36 heavy (non-hydrogen) atoms. The Labute approximate surface area is 209 Å². The summed E-state index contributed by atoms with van der Waals surface area (Å²) in [5.74, 6) is 0. The monoisotopic (exact) mass is 458 g/mol. The van der Waals surface area contributed by atoms with Crippen molar-refractivity contribution >= 4 is 32.7 Å². The third-order valence-electron chi connectivity index (χ3n) is 7.70. The Balaban J connectivity index is 1.29. The first-order valence-corrected chi connectivity index (χ1v) is 12.5. The second-order valence-corrected chi connectivity index (χ2v) is 9.76. The van der Waals surface area contributed by atoms with Gasteiger partial charge in [0.15, 0.2) is 0 Å². The van der Waals surface area contributed by atoms with Crippen LogP contribution in [0.4, 0.5) is 0 Å². The minimum absolute atomic E-state index is 0.925. The van der Waals surface area contributed by atoms with Crippen molar-refractivity contribution < 1.29 is 4.42 Å². The Morgan fingerprint density at radius 2 is 1.06 bits per heavy atom. The van der Waals surface area contributed by atoms with E-state index in [9.17, 15) is 0 Å². The summed E-state index contributed by atoms with van der Waals surface area (Å²) >= 11 is 0. The fourth-order valence-corrected chi connectivity index (χ4v) is 5.90. The molecule has 1 aliphatic carbocycles. The second kappa shape index (κ2) is 7.44. The van der Waals surface area contributed by atoms with Crippen molar-refractivity contribution in [3.63, 3.8) is 0 Å². The molecule has 7 aromatic rings. The molecule has 0 spiro atoms. The number of furan rings is 1. The third-order valence-corrected chi connectivity index (χ3v) is 7.70. The highest BCUT2D eigenvalue weighted by Crippen LogP contribution is 2.40. The van der Waals surface area contributed by atoms with Gasteiger partial charge in [0.05, 0.1) is 0 Å². The molecule has 0 bridgehead atoms. The van der Waals surface area contributed by atoms with Crippen LogP contribution in [0, 0.1) is 0 Å². The molecule has 0 aliphatic heterocycles. The van der Waals surface area contributed by atoms with Gasteiger partial charge in [-0.1, -0.05) is 91.0 Å². The van der Waals surface area contributed by atoms with Gasteiger partial charge < -0.3 is 4.42 Å². The Hall–Kier alpha value is -4.62. The largest absolute Gasteiger partial charge is 0.456 e. The minimum atomic E-state index is 0.925. The van der Waals surface area contributed by atoms with Crippen molar-refractivity contribution in [1.29, 1.82) is 0 Å². The summed E-state index contributed by atoms with van der Waals surface area (Å²) in [5, 5.41) is 4.84. The molecule has 0 radical (unpaired) electrons. The van der Waals surface area contributed by atoms with Crippen molar-refractivity contribution in [2.75, 3.05) is 0 Å². The lowest BCUT2D eigenvalue weighted by Gasteiger charge is -2.08. The van der Waals surface area contributed by atoms with E-state index in [4.69, 9.17) is 4.42 Å². The van der Waals surface area contributed by atoms with Gasteiger partial charge in [-0.25, -0.2) is 0 Å². The van der Waals surface area contributed by atoms with Gasteiger partial charge in [-0.05, 0) is 92.0 Å². The van der Waals surface area contributed by atoms with E-state index < -0.39 is 0 Å². The lowest BCUT2D eigenvalue weighted by Crippen LogP contribution is -1.83. The standard InChI is InChI=1S/C35H22O/c1-3-9-28-22(6-1)8-5-11-29(28)27-15-17-35-33(21-27)32-20-24(14-16-34(32)36-35)23-12-13-26-18-25-7-2-4-10-30(25)31(26)19-23/h1-17,19-21H,18H2. The van der Waals surface area contributed by atoms with Crippen LogP contribution >= 0.6 is 0 Å². The van der Waals surface area contributed by atoms with Gasteiger partial charge in [-0.3, -0.25) is 0 Å². The first-order chi connectivity index (χ1) is 17.8. The molecule has 1 nitrogen and oxygen atoms in total. The van der Waals surface area contributed by atoms with Gasteiger partial charge in [0.25, 0.3) is 0 Å². The van der Waals surface area contributed by atoms with Crippen LogP contribution in [0.5, 0.6) is 0 Å². The molecule has 0 amide bonds. The van der Waals surface area contributed by atoms with Crippen molar-refractivity contribution in [3.8, 4) is 33.4 Å². The van der Waals surface area contributed by atoms with Crippen LogP contribution in [0.1, 0.15) is 11.1 Å². The van der Waals surface area contributed by atoms with E-state index in [1.807, 2.05) is 0 Å². The van der Waals surface area contributed by atoms with E-state index >= 15 is 0 Å². The highest BCUT2D eigenvalue weighted by atomic mass is 16.3. The average Bonchev–Trinajstić information content (AvgIpc) is 3.49. The van der Waals surface area contributed by atoms with Crippen LogP contribution in [-0.2, 0) is 6.42 Å². The lowest BCUT2D eigenvalue weighted by atomic mass is 9.96. The summed E-state index contributed by atoms with van der Waals surface area (Å²) in [6.07, 6.45) is 1.02. The zero-order valence-corrected chi connectivity index (χ0v) is 19.7. The van der Waals surface area contributed by atoms with Crippen LogP contribution in [0.25, 0.3) is 66.1 Å². The van der Waals surface area contributed by atoms with Gasteiger partial charge >= 0.3 is 0 Å². The summed E-state index contributed by atoms with van der Waals surface area (Å²) in [7, 11) is 0. The maximum atomic E-state index is 6.24. The van der Waals surface area contributed by atoms with Gasteiger partial charge in [-0.2, -0.15) is 0 Å². The topological polar surface area (TPSA) is 13.1 Å². The molecule has 0 saturated carbocycles. The fraction of sp³-hybridized carbons (Fsp3) is 0.0286. The first-order valence-electron chi connectivity index (χ1n) is 12.5. The minimum Gasteiger partial charge on any atom is -0.456 e. The fourth-order valence-electron chi connectivity index (χ4n) is 5.90. The summed E-state index contributed by atoms with van der Waals surface area (Å²) < 4.78 is 6.24. The Kier molecular flexibility index (Phi) is 4.06. The normalized spacial score (nSPS) is 12.3. The zero-order valence-electron chi connectivity index (χ0n) is 19.7. The van der Waals surface area contributed by atoms with E-state index in [1.165, 1.54) is 55.3 Å². The van der Waals surface area contributed by atoms with Crippen LogP contribution in [-0.4, -0.2) is 0 Å². The number of hydrogen-bond donors (Lipinski definition) is 0. The molecule has 0 fully saturated rings. The van der Waals surface area contributed by atoms with Crippen molar-refractivity contribution in [1.82, 2.24) is 0 Å². The van der Waals surface area contributed by atoms with Crippen molar-refractivity contribution in [2.45, 2.75) is 6.42 Å². The van der Waals surface area contributed by atoms with Crippen LogP contribution in [0.2, 0.25) is 0 Å². The van der Waals surface area contributed by atoms with Gasteiger partial charge in [0, 0.05) is 10.8 Å². The molecule has 8 rings (SSSR count). The molecule has 0 unspecified atom stereocenters. The highest BCUT2D eigenvalue weighted by Gasteiger charge is 2.18. The van der Waals surface area contributed by atoms with E-state index in [0.29, 0.717) is 0 Å². The Morgan fingerprint density at radius 1 is 0.417 bits per heavy atom. The Bertz CT molecular complexity index is 1970. The van der Waals surface area contributed by atoms with E-state index in [1.54, 1.807) is 0 Å². The quantitative estimate of drug-likeness (QED) is 0.251. The number of benzene rings is 6. The predicted molar refractivity (Wildman–Crippen MR) is 150 cm³/mol. The molecule has 1 heteroatoms. The summed E-state index contributed by atoms with van der Waals surface area (Å²) in [4.78, 5) is 0. The molecule has 6 aromatic carbocycles. The van der Waals surface area contributed by atoms with Crippen LogP contribution in [0.15, 0.2) is 126 Å². The Morgan fingerprint density at radius 3 is 1.97 bits per heavy atom. The smallest absolute Gasteiger partial charge is 0.135 e. The molecule has 1 aliphatic rings. The molecule has 1 heterocycles. The molecule has 0 saturated heterocycles. The first kappa shape index (κ1) is 19.7. The van der Waals surface area contributed by atoms with Gasteiger partial charge in [-0.15, -0.1) is 0 Å². The second-order valence-electron chi connectivity index (χ2n) is 9.76. The van der Waals surface area contributed by atoms with Gasteiger partial charge in [0.2, 0.25) is 0 Å². The maximum absolute atomic E-state index is 6.24. The van der Waals surface area contributed by atoms with Crippen LogP contribution in [0.3, 0.4) is 0 Å². The average molecular weight is 459 g/mol. The van der Waals surface area contributed by atoms with Crippen molar-refractivity contribution in [2.24, 2.45) is 0 Å². The maximum Gasteiger partial charge on any atom is 0.135 e. The third kappa shape index (κ3) is 2.90. The SMILES string of the molecule is c1ccc2c(c1)Cc1ccc(-c3ccc4oc5ccc(-c6cccc7ccccc67)cc5c4c3)cc1-2. The van der Waals surface area contributed by atoms with Crippen LogP contribution < -0.4 is 0 Å². The molecule has 1 aromatic heterocycles. The number of hydrogen-bond acceptors (Lipinski definition) is 1. The van der Waals surface area contributed by atoms with E-state index in [0.717, 1.165) is 28.4 Å². The molecular formula is C35H22O. The van der Waals surface area contributed by atoms with Gasteiger partial charge in [0.1, 0.15) is 11.2 Å². The predicted octanol–water partition coefficient (Wildman–Crippen LogP) is 9.64. The van der Waals surface area contributed by atoms with Crippen molar-refractivity contribution in [3.05, 3.63) is 132 Å². The number of fused-ring (bicyclic) bond motifs is 7. The van der Waals surface area contributed by atoms with E-state index in [-0.39, 0.29) is 0 Å². The number of rotatable bonds is 2. The zero-order chi connectivity index (χ0) is 23.6. The molecule has 0 atom stereocenters.